The molecule has 0 aliphatic carbocycles. The Balaban J connectivity index is 2.12. The third-order valence-electron chi connectivity index (χ3n) is 4.23. The Labute approximate surface area is 145 Å². The van der Waals surface area contributed by atoms with Crippen LogP contribution in [0.15, 0.2) is 24.3 Å². The lowest BCUT2D eigenvalue weighted by Crippen LogP contribution is -2.50. The minimum Gasteiger partial charge on any atom is -0.444 e. The Bertz CT molecular complexity index is 575. The molecule has 5 heteroatoms. The lowest BCUT2D eigenvalue weighted by Gasteiger charge is -2.35. The van der Waals surface area contributed by atoms with E-state index in [1.165, 1.54) is 5.56 Å². The zero-order valence-corrected chi connectivity index (χ0v) is 15.6. The van der Waals surface area contributed by atoms with Gasteiger partial charge in [0.05, 0.1) is 12.1 Å². The summed E-state index contributed by atoms with van der Waals surface area (Å²) in [4.78, 5) is 14.4. The highest BCUT2D eigenvalue weighted by molar-refractivity contribution is 5.70. The second-order valence-electron chi connectivity index (χ2n) is 7.97. The summed E-state index contributed by atoms with van der Waals surface area (Å²) in [5.74, 6) is 0. The van der Waals surface area contributed by atoms with Crippen molar-refractivity contribution in [2.45, 2.75) is 77.9 Å². The van der Waals surface area contributed by atoms with E-state index in [1.807, 2.05) is 65.8 Å². The molecule has 1 amide bonds. The van der Waals surface area contributed by atoms with Crippen molar-refractivity contribution in [3.05, 3.63) is 29.8 Å². The van der Waals surface area contributed by atoms with Gasteiger partial charge in [0.15, 0.2) is 0 Å². The summed E-state index contributed by atoms with van der Waals surface area (Å²) in [6.07, 6.45) is 1.31. The molecule has 1 heterocycles. The molecule has 0 radical (unpaired) electrons. The molecule has 1 aliphatic heterocycles. The van der Waals surface area contributed by atoms with Crippen LogP contribution in [0.5, 0.6) is 0 Å². The van der Waals surface area contributed by atoms with Crippen molar-refractivity contribution >= 4 is 11.8 Å². The summed E-state index contributed by atoms with van der Waals surface area (Å²) in [6.45, 7) is 11.5. The number of carbonyl (C=O) groups excluding carboxylic acids is 1. The number of amides is 1. The van der Waals surface area contributed by atoms with Crippen molar-refractivity contribution in [1.29, 1.82) is 0 Å². The standard InChI is InChI=1S/C19H30N2O3/c1-13-16(12-9-14-7-10-15(20)11-8-14)21(19(5,6)23-13)17(22)24-18(2,3)4/h7-8,10-11,13,16H,9,12,20H2,1-6H3. The predicted molar refractivity (Wildman–Crippen MR) is 95.7 cm³/mol. The largest absolute Gasteiger partial charge is 0.444 e. The van der Waals surface area contributed by atoms with Gasteiger partial charge in [-0.05, 0) is 72.1 Å². The number of nitrogens with two attached hydrogens (primary N) is 1. The molecule has 134 valence electrons. The first-order valence-electron chi connectivity index (χ1n) is 8.54. The van der Waals surface area contributed by atoms with Crippen LogP contribution in [0, 0.1) is 0 Å². The van der Waals surface area contributed by atoms with Crippen LogP contribution in [0.25, 0.3) is 0 Å². The molecule has 1 aromatic carbocycles. The van der Waals surface area contributed by atoms with Crippen molar-refractivity contribution < 1.29 is 14.3 Å². The molecule has 2 N–H and O–H groups in total. The van der Waals surface area contributed by atoms with Crippen LogP contribution < -0.4 is 5.73 Å². The Kier molecular flexibility index (Phi) is 5.14. The smallest absolute Gasteiger partial charge is 0.412 e. The molecule has 2 rings (SSSR count). The molecule has 0 saturated carbocycles. The molecule has 0 spiro atoms. The summed E-state index contributed by atoms with van der Waals surface area (Å²) in [7, 11) is 0. The zero-order valence-electron chi connectivity index (χ0n) is 15.6. The molecule has 5 nitrogen and oxygen atoms in total. The summed E-state index contributed by atoms with van der Waals surface area (Å²) < 4.78 is 11.6. The fourth-order valence-corrected chi connectivity index (χ4v) is 3.23. The molecular formula is C19H30N2O3. The van der Waals surface area contributed by atoms with Crippen molar-refractivity contribution in [3.63, 3.8) is 0 Å². The first-order valence-corrected chi connectivity index (χ1v) is 8.54. The zero-order chi connectivity index (χ0) is 18.1. The van der Waals surface area contributed by atoms with Crippen molar-refractivity contribution in [1.82, 2.24) is 4.90 Å². The topological polar surface area (TPSA) is 64.8 Å². The maximum Gasteiger partial charge on any atom is 0.412 e. The van der Waals surface area contributed by atoms with Crippen LogP contribution in [-0.2, 0) is 15.9 Å². The lowest BCUT2D eigenvalue weighted by atomic mass is 10.0. The normalized spacial score (nSPS) is 23.3. The van der Waals surface area contributed by atoms with Crippen LogP contribution >= 0.6 is 0 Å². The van der Waals surface area contributed by atoms with E-state index in [9.17, 15) is 4.79 Å². The molecule has 1 aliphatic rings. The minimum absolute atomic E-state index is 0.0209. The molecule has 0 aromatic heterocycles. The number of aryl methyl sites for hydroxylation is 1. The maximum absolute atomic E-state index is 12.7. The third kappa shape index (κ3) is 4.41. The number of rotatable bonds is 3. The van der Waals surface area contributed by atoms with Crippen molar-refractivity contribution in [2.24, 2.45) is 0 Å². The van der Waals surface area contributed by atoms with Gasteiger partial charge >= 0.3 is 6.09 Å². The van der Waals surface area contributed by atoms with Gasteiger partial charge in [-0.2, -0.15) is 0 Å². The van der Waals surface area contributed by atoms with E-state index < -0.39 is 11.3 Å². The number of nitrogen functional groups attached to an aromatic ring is 1. The van der Waals surface area contributed by atoms with Gasteiger partial charge in [0.1, 0.15) is 11.3 Å². The molecule has 1 aromatic rings. The van der Waals surface area contributed by atoms with E-state index in [1.54, 1.807) is 4.90 Å². The highest BCUT2D eigenvalue weighted by atomic mass is 16.6. The number of carbonyl (C=O) groups is 1. The molecule has 1 fully saturated rings. The Morgan fingerprint density at radius 2 is 1.88 bits per heavy atom. The second kappa shape index (κ2) is 6.63. The quantitative estimate of drug-likeness (QED) is 0.850. The first-order chi connectivity index (χ1) is 11.0. The molecule has 24 heavy (non-hydrogen) atoms. The van der Waals surface area contributed by atoms with Gasteiger partial charge < -0.3 is 15.2 Å². The highest BCUT2D eigenvalue weighted by Crippen LogP contribution is 2.35. The number of benzene rings is 1. The molecule has 1 saturated heterocycles. The lowest BCUT2D eigenvalue weighted by molar-refractivity contribution is -0.0757. The van der Waals surface area contributed by atoms with E-state index in [4.69, 9.17) is 15.2 Å². The van der Waals surface area contributed by atoms with Crippen LogP contribution in [-0.4, -0.2) is 34.5 Å². The summed E-state index contributed by atoms with van der Waals surface area (Å²) in [5, 5.41) is 0. The van der Waals surface area contributed by atoms with Crippen molar-refractivity contribution in [3.8, 4) is 0 Å². The van der Waals surface area contributed by atoms with Gasteiger partial charge in [0.2, 0.25) is 0 Å². The van der Waals surface area contributed by atoms with Crippen LogP contribution in [0.3, 0.4) is 0 Å². The number of nitrogens with zero attached hydrogens (tertiary/aromatic N) is 1. The van der Waals surface area contributed by atoms with E-state index in [0.29, 0.717) is 0 Å². The number of ether oxygens (including phenoxy) is 2. The fraction of sp³-hybridized carbons (Fsp3) is 0.632. The van der Waals surface area contributed by atoms with Crippen molar-refractivity contribution in [2.75, 3.05) is 5.73 Å². The first kappa shape index (κ1) is 18.6. The molecule has 2 unspecified atom stereocenters. The van der Waals surface area contributed by atoms with E-state index in [0.717, 1.165) is 18.5 Å². The highest BCUT2D eigenvalue weighted by Gasteiger charge is 2.49. The monoisotopic (exact) mass is 334 g/mol. The van der Waals surface area contributed by atoms with Gasteiger partial charge in [-0.15, -0.1) is 0 Å². The van der Waals surface area contributed by atoms with E-state index in [-0.39, 0.29) is 18.2 Å². The van der Waals surface area contributed by atoms with Gasteiger partial charge in [0, 0.05) is 5.69 Å². The van der Waals surface area contributed by atoms with Gasteiger partial charge in [-0.1, -0.05) is 12.1 Å². The Morgan fingerprint density at radius 1 is 1.29 bits per heavy atom. The Hall–Kier alpha value is -1.75. The molecular weight excluding hydrogens is 304 g/mol. The molecule has 0 bridgehead atoms. The second-order valence-corrected chi connectivity index (χ2v) is 7.97. The summed E-state index contributed by atoms with van der Waals surface area (Å²) in [5.41, 5.74) is 6.49. The Morgan fingerprint density at radius 3 is 2.42 bits per heavy atom. The number of hydrogen-bond acceptors (Lipinski definition) is 4. The van der Waals surface area contributed by atoms with Gasteiger partial charge in [-0.25, -0.2) is 4.79 Å². The van der Waals surface area contributed by atoms with Crippen LogP contribution in [0.1, 0.15) is 53.5 Å². The molecule has 2 atom stereocenters. The van der Waals surface area contributed by atoms with Gasteiger partial charge in [-0.3, -0.25) is 4.90 Å². The minimum atomic E-state index is -0.673. The fourth-order valence-electron chi connectivity index (χ4n) is 3.23. The third-order valence-corrected chi connectivity index (χ3v) is 4.23. The van der Waals surface area contributed by atoms with Crippen LogP contribution in [0.2, 0.25) is 0 Å². The predicted octanol–water partition coefficient (Wildman–Crippen LogP) is 3.96. The maximum atomic E-state index is 12.7. The summed E-state index contributed by atoms with van der Waals surface area (Å²) >= 11 is 0. The van der Waals surface area contributed by atoms with E-state index >= 15 is 0 Å². The average molecular weight is 334 g/mol. The summed E-state index contributed by atoms with van der Waals surface area (Å²) in [6, 6.07) is 7.84. The van der Waals surface area contributed by atoms with Crippen LogP contribution in [0.4, 0.5) is 10.5 Å². The average Bonchev–Trinajstić information content (AvgIpc) is 2.65. The SMILES string of the molecule is CC1OC(C)(C)N(C(=O)OC(C)(C)C)C1CCc1ccc(N)cc1. The van der Waals surface area contributed by atoms with E-state index in [2.05, 4.69) is 0 Å². The number of hydrogen-bond donors (Lipinski definition) is 1. The number of anilines is 1. The van der Waals surface area contributed by atoms with Gasteiger partial charge in [0.25, 0.3) is 0 Å².